The van der Waals surface area contributed by atoms with Gasteiger partial charge in [0.15, 0.2) is 5.78 Å². The summed E-state index contributed by atoms with van der Waals surface area (Å²) in [5.74, 6) is 3.51. The minimum Gasteiger partial charge on any atom is -0.300 e. The first-order valence-corrected chi connectivity index (χ1v) is 7.27. The molecule has 3 fully saturated rings. The summed E-state index contributed by atoms with van der Waals surface area (Å²) in [5, 5.41) is 0. The highest BCUT2D eigenvalue weighted by molar-refractivity contribution is 8.25. The molecular weight excluding hydrogens is 228 g/mol. The molecule has 3 aliphatic rings. The van der Waals surface area contributed by atoms with Gasteiger partial charge in [-0.2, -0.15) is 0 Å². The van der Waals surface area contributed by atoms with Crippen molar-refractivity contribution in [1.82, 2.24) is 0 Å². The van der Waals surface area contributed by atoms with Crippen LogP contribution in [0.15, 0.2) is 9.81 Å². The lowest BCUT2D eigenvalue weighted by Gasteiger charge is -2.09. The summed E-state index contributed by atoms with van der Waals surface area (Å²) >= 11 is 3.61. The minimum atomic E-state index is 0.276. The molecule has 0 aromatic carbocycles. The maximum Gasteiger partial charge on any atom is 0.161 e. The van der Waals surface area contributed by atoms with Crippen LogP contribution < -0.4 is 0 Å². The zero-order valence-electron chi connectivity index (χ0n) is 8.32. The highest BCUT2D eigenvalue weighted by Crippen LogP contribution is 2.50. The molecule has 0 bridgehead atoms. The number of rotatable bonds is 0. The molecule has 0 spiro atoms. The molecule has 4 heteroatoms. The van der Waals surface area contributed by atoms with Crippen LogP contribution >= 0.6 is 23.5 Å². The van der Waals surface area contributed by atoms with E-state index in [-0.39, 0.29) is 5.92 Å². The molecule has 80 valence electrons. The van der Waals surface area contributed by atoms with Crippen molar-refractivity contribution >= 4 is 35.1 Å². The van der Waals surface area contributed by atoms with Crippen molar-refractivity contribution in [3.8, 4) is 0 Å². The molecule has 0 unspecified atom stereocenters. The van der Waals surface area contributed by atoms with E-state index in [0.717, 1.165) is 17.1 Å². The van der Waals surface area contributed by atoms with Crippen LogP contribution in [0.5, 0.6) is 0 Å². The van der Waals surface area contributed by atoms with E-state index in [1.165, 1.54) is 4.24 Å². The van der Waals surface area contributed by atoms with Gasteiger partial charge in [0.2, 0.25) is 0 Å². The molecule has 1 saturated heterocycles. The Kier molecular flexibility index (Phi) is 2.44. The molecular formula is C11H12O2S2. The summed E-state index contributed by atoms with van der Waals surface area (Å²) in [5.41, 5.74) is 1.01. The Morgan fingerprint density at radius 1 is 1.00 bits per heavy atom. The number of thioether (sulfide) groups is 2. The number of fused-ring (bicyclic) bond motifs is 1. The molecule has 15 heavy (non-hydrogen) atoms. The molecule has 0 aromatic rings. The second-order valence-corrected chi connectivity index (χ2v) is 6.81. The van der Waals surface area contributed by atoms with Crippen molar-refractivity contribution in [2.75, 3.05) is 11.5 Å². The van der Waals surface area contributed by atoms with Gasteiger partial charge < -0.3 is 0 Å². The molecule has 2 nitrogen and oxygen atoms in total. The maximum atomic E-state index is 11.9. The lowest BCUT2D eigenvalue weighted by atomic mass is 9.98. The van der Waals surface area contributed by atoms with Crippen molar-refractivity contribution < 1.29 is 9.59 Å². The number of Topliss-reactive ketones (excluding diaryl/α,β-unsaturated/α-hetero) is 2. The smallest absolute Gasteiger partial charge is 0.161 e. The first-order valence-electron chi connectivity index (χ1n) is 5.30. The molecule has 2 saturated carbocycles. The fourth-order valence-electron chi connectivity index (χ4n) is 2.77. The fraction of sp³-hybridized carbons (Fsp3) is 0.636. The van der Waals surface area contributed by atoms with Crippen molar-refractivity contribution in [3.05, 3.63) is 9.81 Å². The van der Waals surface area contributed by atoms with Gasteiger partial charge in [0.25, 0.3) is 0 Å². The van der Waals surface area contributed by atoms with Gasteiger partial charge in [0.05, 0.1) is 0 Å². The van der Waals surface area contributed by atoms with Crippen LogP contribution in [0, 0.1) is 11.8 Å². The summed E-state index contributed by atoms with van der Waals surface area (Å²) in [6, 6.07) is 0. The molecule has 3 rings (SSSR count). The van der Waals surface area contributed by atoms with E-state index in [0.29, 0.717) is 36.7 Å². The second-order valence-electron chi connectivity index (χ2n) is 4.34. The van der Waals surface area contributed by atoms with Gasteiger partial charge in [-0.05, 0) is 11.8 Å². The number of ketones is 2. The van der Waals surface area contributed by atoms with E-state index < -0.39 is 0 Å². The van der Waals surface area contributed by atoms with E-state index in [2.05, 4.69) is 0 Å². The third-order valence-electron chi connectivity index (χ3n) is 3.39. The Labute approximate surface area is 97.3 Å². The monoisotopic (exact) mass is 240 g/mol. The van der Waals surface area contributed by atoms with E-state index >= 15 is 0 Å². The maximum absolute atomic E-state index is 11.9. The molecule has 0 amide bonds. The number of carbonyl (C=O) groups is 2. The quantitative estimate of drug-likeness (QED) is 0.608. The largest absolute Gasteiger partial charge is 0.300 e. The summed E-state index contributed by atoms with van der Waals surface area (Å²) in [6.45, 7) is 0. The van der Waals surface area contributed by atoms with Crippen molar-refractivity contribution in [2.45, 2.75) is 19.3 Å². The Balaban J connectivity index is 1.97. The van der Waals surface area contributed by atoms with E-state index in [1.807, 2.05) is 0 Å². The zero-order valence-corrected chi connectivity index (χ0v) is 9.96. The lowest BCUT2D eigenvalue weighted by molar-refractivity contribution is -0.118. The predicted molar refractivity (Wildman–Crippen MR) is 62.8 cm³/mol. The van der Waals surface area contributed by atoms with Gasteiger partial charge in [-0.15, -0.1) is 23.5 Å². The molecule has 0 aromatic heterocycles. The standard InChI is InChI=1S/C11H12O2S2/c12-7-3-6-4-9(13)10(8(6)5-7)11-14-1-2-15-11/h6,8H,1-5H2/t6-,8-/m1/s1. The number of hydrogen-bond acceptors (Lipinski definition) is 4. The SMILES string of the molecule is O=C1C[C@@H]2CC(=O)C(=C3SCCS3)[C@@H]2C1. The van der Waals surface area contributed by atoms with Crippen LogP contribution in [0.3, 0.4) is 0 Å². The van der Waals surface area contributed by atoms with Crippen LogP contribution in [0.4, 0.5) is 0 Å². The van der Waals surface area contributed by atoms with Crippen molar-refractivity contribution in [1.29, 1.82) is 0 Å². The third-order valence-corrected chi connectivity index (χ3v) is 6.14. The Bertz CT molecular complexity index is 365. The topological polar surface area (TPSA) is 34.1 Å². The van der Waals surface area contributed by atoms with Crippen molar-refractivity contribution in [3.63, 3.8) is 0 Å². The Hall–Kier alpha value is -0.220. The molecule has 0 radical (unpaired) electrons. The van der Waals surface area contributed by atoms with Crippen LogP contribution in [-0.2, 0) is 9.59 Å². The molecule has 1 aliphatic heterocycles. The van der Waals surface area contributed by atoms with Gasteiger partial charge in [-0.3, -0.25) is 9.59 Å². The average molecular weight is 240 g/mol. The normalized spacial score (nSPS) is 35.5. The summed E-state index contributed by atoms with van der Waals surface area (Å²) in [6.07, 6.45) is 1.88. The Morgan fingerprint density at radius 3 is 2.47 bits per heavy atom. The zero-order chi connectivity index (χ0) is 10.4. The van der Waals surface area contributed by atoms with Crippen LogP contribution in [0.1, 0.15) is 19.3 Å². The van der Waals surface area contributed by atoms with Gasteiger partial charge in [0, 0.05) is 40.6 Å². The minimum absolute atomic E-state index is 0.276. The lowest BCUT2D eigenvalue weighted by Crippen LogP contribution is -2.04. The first kappa shape index (κ1) is 9.97. The molecule has 1 heterocycles. The first-order chi connectivity index (χ1) is 7.25. The summed E-state index contributed by atoms with van der Waals surface area (Å²) in [4.78, 5) is 23.3. The molecule has 2 aliphatic carbocycles. The van der Waals surface area contributed by atoms with Gasteiger partial charge in [0.1, 0.15) is 5.78 Å². The fourth-order valence-corrected chi connectivity index (χ4v) is 5.48. The summed E-state index contributed by atoms with van der Waals surface area (Å²) < 4.78 is 1.22. The van der Waals surface area contributed by atoms with Gasteiger partial charge >= 0.3 is 0 Å². The Morgan fingerprint density at radius 2 is 1.73 bits per heavy atom. The van der Waals surface area contributed by atoms with Crippen molar-refractivity contribution in [2.24, 2.45) is 11.8 Å². The number of hydrogen-bond donors (Lipinski definition) is 0. The number of carbonyl (C=O) groups excluding carboxylic acids is 2. The van der Waals surface area contributed by atoms with Crippen LogP contribution in [0.2, 0.25) is 0 Å². The highest BCUT2D eigenvalue weighted by atomic mass is 32.2. The molecule has 2 atom stereocenters. The average Bonchev–Trinajstić information content (AvgIpc) is 2.80. The van der Waals surface area contributed by atoms with E-state index in [9.17, 15) is 9.59 Å². The molecule has 0 N–H and O–H groups in total. The van der Waals surface area contributed by atoms with Crippen LogP contribution in [0.25, 0.3) is 0 Å². The summed E-state index contributed by atoms with van der Waals surface area (Å²) in [7, 11) is 0. The second kappa shape index (κ2) is 3.67. The van der Waals surface area contributed by atoms with Gasteiger partial charge in [-0.25, -0.2) is 0 Å². The van der Waals surface area contributed by atoms with Crippen LogP contribution in [-0.4, -0.2) is 23.1 Å². The van der Waals surface area contributed by atoms with E-state index in [1.54, 1.807) is 23.5 Å². The third kappa shape index (κ3) is 1.58. The van der Waals surface area contributed by atoms with Gasteiger partial charge in [-0.1, -0.05) is 0 Å². The van der Waals surface area contributed by atoms with E-state index in [4.69, 9.17) is 0 Å². The highest BCUT2D eigenvalue weighted by Gasteiger charge is 2.45. The predicted octanol–water partition coefficient (Wildman–Crippen LogP) is 2.25. The number of allylic oxidation sites excluding steroid dienone is 1.